The van der Waals surface area contributed by atoms with Gasteiger partial charge in [-0.05, 0) is 35.2 Å². The number of hydrogen-bond acceptors (Lipinski definition) is 2. The maximum atomic E-state index is 13.8. The second kappa shape index (κ2) is 15.9. The molecule has 3 heteroatoms. The Balaban J connectivity index is 1.74. The Kier molecular flexibility index (Phi) is 12.3. The number of hydrogen-bond donors (Lipinski definition) is 0. The molecule has 37 heavy (non-hydrogen) atoms. The quantitative estimate of drug-likeness (QED) is 0.184. The molecule has 0 fully saturated rings. The van der Waals surface area contributed by atoms with E-state index in [0.717, 1.165) is 29.5 Å². The highest BCUT2D eigenvalue weighted by Gasteiger charge is 2.26. The molecular formula is C34H46N2O. The third-order valence-electron chi connectivity index (χ3n) is 7.16. The van der Waals surface area contributed by atoms with E-state index in [2.05, 4.69) is 104 Å². The third kappa shape index (κ3) is 9.39. The highest BCUT2D eigenvalue weighted by molar-refractivity contribution is 5.77. The molecule has 0 aliphatic carbocycles. The maximum absolute atomic E-state index is 13.8. The summed E-state index contributed by atoms with van der Waals surface area (Å²) >= 11 is 0. The molecule has 0 saturated carbocycles. The largest absolute Gasteiger partial charge is 0.378 e. The van der Waals surface area contributed by atoms with E-state index in [1.165, 1.54) is 50.6 Å². The van der Waals surface area contributed by atoms with Crippen LogP contribution in [0.15, 0.2) is 84.9 Å². The van der Waals surface area contributed by atoms with Crippen LogP contribution in [0.1, 0.15) is 93.9 Å². The Morgan fingerprint density at radius 1 is 0.649 bits per heavy atom. The standard InChI is InChI=1S/C34H46N2O/c1-4-5-6-7-8-9-10-11-18-23-33(37)36(28-29-24-26-32(27-25-29)35(2)3)34(30-19-14-12-15-20-30)31-21-16-13-17-22-31/h12-17,19-22,24-27,34H,4-11,18,23,28H2,1-3H3. The van der Waals surface area contributed by atoms with Crippen molar-refractivity contribution in [2.45, 2.75) is 83.7 Å². The zero-order valence-electron chi connectivity index (χ0n) is 23.2. The molecule has 3 aromatic rings. The van der Waals surface area contributed by atoms with E-state index in [9.17, 15) is 4.79 Å². The van der Waals surface area contributed by atoms with Gasteiger partial charge in [0.1, 0.15) is 0 Å². The van der Waals surface area contributed by atoms with Crippen LogP contribution >= 0.6 is 0 Å². The summed E-state index contributed by atoms with van der Waals surface area (Å²) in [6.45, 7) is 2.86. The molecule has 0 aromatic heterocycles. The van der Waals surface area contributed by atoms with Crippen LogP contribution in [0.4, 0.5) is 5.69 Å². The van der Waals surface area contributed by atoms with Crippen LogP contribution in [0, 0.1) is 0 Å². The van der Waals surface area contributed by atoms with Crippen molar-refractivity contribution in [2.75, 3.05) is 19.0 Å². The first-order chi connectivity index (χ1) is 18.1. The first-order valence-corrected chi connectivity index (χ1v) is 14.3. The number of nitrogens with zero attached hydrogens (tertiary/aromatic N) is 2. The second-order valence-electron chi connectivity index (χ2n) is 10.4. The molecule has 0 heterocycles. The summed E-state index contributed by atoms with van der Waals surface area (Å²) in [6, 6.07) is 29.4. The molecular weight excluding hydrogens is 452 g/mol. The van der Waals surface area contributed by atoms with E-state index in [4.69, 9.17) is 0 Å². The molecule has 0 saturated heterocycles. The lowest BCUT2D eigenvalue weighted by Crippen LogP contribution is -2.35. The zero-order valence-corrected chi connectivity index (χ0v) is 23.2. The van der Waals surface area contributed by atoms with Crippen LogP contribution in [0.2, 0.25) is 0 Å². The minimum absolute atomic E-state index is 0.109. The predicted octanol–water partition coefficient (Wildman–Crippen LogP) is 8.79. The first kappa shape index (κ1) is 28.5. The zero-order chi connectivity index (χ0) is 26.3. The van der Waals surface area contributed by atoms with Gasteiger partial charge in [0.2, 0.25) is 5.91 Å². The van der Waals surface area contributed by atoms with Crippen molar-refractivity contribution in [3.05, 3.63) is 102 Å². The van der Waals surface area contributed by atoms with Crippen LogP contribution < -0.4 is 4.90 Å². The van der Waals surface area contributed by atoms with Gasteiger partial charge in [0.05, 0.1) is 6.04 Å². The van der Waals surface area contributed by atoms with Gasteiger partial charge in [0.25, 0.3) is 0 Å². The van der Waals surface area contributed by atoms with Gasteiger partial charge in [-0.15, -0.1) is 0 Å². The predicted molar refractivity (Wildman–Crippen MR) is 158 cm³/mol. The Morgan fingerprint density at radius 2 is 1.14 bits per heavy atom. The van der Waals surface area contributed by atoms with E-state index in [-0.39, 0.29) is 11.9 Å². The SMILES string of the molecule is CCCCCCCCCCCC(=O)N(Cc1ccc(N(C)C)cc1)C(c1ccccc1)c1ccccc1. The van der Waals surface area contributed by atoms with Gasteiger partial charge in [0.15, 0.2) is 0 Å². The Labute approximate surface area is 225 Å². The Bertz CT molecular complexity index is 975. The molecule has 3 aromatic carbocycles. The maximum Gasteiger partial charge on any atom is 0.223 e. The highest BCUT2D eigenvalue weighted by Crippen LogP contribution is 2.31. The Morgan fingerprint density at radius 3 is 1.62 bits per heavy atom. The number of benzene rings is 3. The Hall–Kier alpha value is -3.07. The second-order valence-corrected chi connectivity index (χ2v) is 10.4. The molecule has 0 unspecified atom stereocenters. The van der Waals surface area contributed by atoms with E-state index < -0.39 is 0 Å². The monoisotopic (exact) mass is 498 g/mol. The summed E-state index contributed by atoms with van der Waals surface area (Å²) in [7, 11) is 4.10. The fourth-order valence-electron chi connectivity index (χ4n) is 4.97. The van der Waals surface area contributed by atoms with Crippen LogP contribution in [0.25, 0.3) is 0 Å². The van der Waals surface area contributed by atoms with Crippen molar-refractivity contribution in [2.24, 2.45) is 0 Å². The number of amides is 1. The summed E-state index contributed by atoms with van der Waals surface area (Å²) in [5, 5.41) is 0. The normalized spacial score (nSPS) is 11.0. The smallest absolute Gasteiger partial charge is 0.223 e. The number of carbonyl (C=O) groups excluding carboxylic acids is 1. The minimum Gasteiger partial charge on any atom is -0.378 e. The van der Waals surface area contributed by atoms with Crippen LogP contribution in [-0.4, -0.2) is 24.9 Å². The highest BCUT2D eigenvalue weighted by atomic mass is 16.2. The summed E-state index contributed by atoms with van der Waals surface area (Å²) in [5.41, 5.74) is 4.62. The molecule has 0 N–H and O–H groups in total. The van der Waals surface area contributed by atoms with Gasteiger partial charge in [0, 0.05) is 32.7 Å². The molecule has 0 bridgehead atoms. The number of carbonyl (C=O) groups is 1. The van der Waals surface area contributed by atoms with Crippen LogP contribution in [0.3, 0.4) is 0 Å². The van der Waals surface area contributed by atoms with Gasteiger partial charge < -0.3 is 9.80 Å². The van der Waals surface area contributed by atoms with Gasteiger partial charge >= 0.3 is 0 Å². The first-order valence-electron chi connectivity index (χ1n) is 14.3. The fourth-order valence-corrected chi connectivity index (χ4v) is 4.97. The molecule has 0 spiro atoms. The lowest BCUT2D eigenvalue weighted by Gasteiger charge is -2.33. The van der Waals surface area contributed by atoms with Gasteiger partial charge in [-0.2, -0.15) is 0 Å². The van der Waals surface area contributed by atoms with E-state index in [1.54, 1.807) is 0 Å². The van der Waals surface area contributed by atoms with Crippen LogP contribution in [-0.2, 0) is 11.3 Å². The van der Waals surface area contributed by atoms with Gasteiger partial charge in [-0.1, -0.05) is 131 Å². The summed E-state index contributed by atoms with van der Waals surface area (Å²) in [5.74, 6) is 0.234. The van der Waals surface area contributed by atoms with Crippen molar-refractivity contribution >= 4 is 11.6 Å². The van der Waals surface area contributed by atoms with E-state index in [1.807, 2.05) is 12.1 Å². The third-order valence-corrected chi connectivity index (χ3v) is 7.16. The number of rotatable bonds is 16. The van der Waals surface area contributed by atoms with E-state index in [0.29, 0.717) is 13.0 Å². The minimum atomic E-state index is -0.109. The molecule has 198 valence electrons. The van der Waals surface area contributed by atoms with Crippen molar-refractivity contribution in [1.82, 2.24) is 4.90 Å². The molecule has 3 nitrogen and oxygen atoms in total. The topological polar surface area (TPSA) is 23.6 Å². The summed E-state index contributed by atoms with van der Waals surface area (Å²) in [6.07, 6.45) is 11.9. The molecule has 0 radical (unpaired) electrons. The lowest BCUT2D eigenvalue weighted by atomic mass is 9.95. The van der Waals surface area contributed by atoms with Crippen molar-refractivity contribution in [1.29, 1.82) is 0 Å². The average molecular weight is 499 g/mol. The molecule has 0 atom stereocenters. The van der Waals surface area contributed by atoms with Gasteiger partial charge in [-0.3, -0.25) is 4.79 Å². The van der Waals surface area contributed by atoms with Crippen LogP contribution in [0.5, 0.6) is 0 Å². The fraction of sp³-hybridized carbons (Fsp3) is 0.441. The molecule has 0 aliphatic heterocycles. The lowest BCUT2D eigenvalue weighted by molar-refractivity contribution is -0.133. The van der Waals surface area contributed by atoms with Gasteiger partial charge in [-0.25, -0.2) is 0 Å². The van der Waals surface area contributed by atoms with E-state index >= 15 is 0 Å². The summed E-state index contributed by atoms with van der Waals surface area (Å²) < 4.78 is 0. The number of unbranched alkanes of at least 4 members (excludes halogenated alkanes) is 8. The molecule has 0 aliphatic rings. The van der Waals surface area contributed by atoms with Crippen molar-refractivity contribution in [3.8, 4) is 0 Å². The number of anilines is 1. The molecule has 3 rings (SSSR count). The summed E-state index contributed by atoms with van der Waals surface area (Å²) in [4.78, 5) is 18.0. The molecule has 1 amide bonds. The van der Waals surface area contributed by atoms with Crippen molar-refractivity contribution in [3.63, 3.8) is 0 Å². The van der Waals surface area contributed by atoms with Crippen molar-refractivity contribution < 1.29 is 4.79 Å². The average Bonchev–Trinajstić information content (AvgIpc) is 2.93.